The molecule has 0 atom stereocenters. The van der Waals surface area contributed by atoms with Crippen LogP contribution in [0.2, 0.25) is 0 Å². The number of hydrogen-bond donors (Lipinski definition) is 1. The average molecular weight is 308 g/mol. The number of carboxylic acid groups (broad SMARTS) is 1. The molecule has 2 rings (SSSR count). The van der Waals surface area contributed by atoms with Gasteiger partial charge in [0.05, 0.1) is 11.1 Å². The Morgan fingerprint density at radius 1 is 1.24 bits per heavy atom. The summed E-state index contributed by atoms with van der Waals surface area (Å²) in [6, 6.07) is 0.838. The number of alkyl halides is 3. The maximum atomic E-state index is 13.1. The summed E-state index contributed by atoms with van der Waals surface area (Å²) in [6.45, 7) is 0. The molecule has 0 bridgehead atoms. The van der Waals surface area contributed by atoms with Gasteiger partial charge in [-0.3, -0.25) is 0 Å². The lowest BCUT2D eigenvalue weighted by molar-refractivity contribution is -0.128. The van der Waals surface area contributed by atoms with Crippen molar-refractivity contribution >= 4 is 5.97 Å². The van der Waals surface area contributed by atoms with E-state index >= 15 is 0 Å². The zero-order chi connectivity index (χ0) is 15.8. The summed E-state index contributed by atoms with van der Waals surface area (Å²) < 4.78 is 67.1. The molecule has 0 unspecified atom stereocenters. The quantitative estimate of drug-likeness (QED) is 0.882. The van der Waals surface area contributed by atoms with Gasteiger partial charge in [-0.05, 0) is 12.1 Å². The molecule has 1 aromatic heterocycles. The highest BCUT2D eigenvalue weighted by atomic mass is 19.4. The topological polar surface area (TPSA) is 76.2 Å². The van der Waals surface area contributed by atoms with E-state index in [-0.39, 0.29) is 0 Å². The SMILES string of the molecule is O=C(O)c1cc(F)c(F)cc1-c1nc(CC(F)(F)F)no1. The summed E-state index contributed by atoms with van der Waals surface area (Å²) in [5, 5.41) is 11.9. The fourth-order valence-electron chi connectivity index (χ4n) is 1.52. The molecule has 0 aliphatic carbocycles. The van der Waals surface area contributed by atoms with E-state index in [0.29, 0.717) is 12.1 Å². The van der Waals surface area contributed by atoms with Crippen molar-refractivity contribution in [3.8, 4) is 11.5 Å². The molecule has 21 heavy (non-hydrogen) atoms. The molecule has 1 aromatic carbocycles. The Kier molecular flexibility index (Phi) is 3.62. The molecule has 0 radical (unpaired) electrons. The zero-order valence-electron chi connectivity index (χ0n) is 9.91. The number of nitrogens with zero attached hydrogens (tertiary/aromatic N) is 2. The molecular weight excluding hydrogens is 303 g/mol. The van der Waals surface area contributed by atoms with Crippen LogP contribution in [0.3, 0.4) is 0 Å². The summed E-state index contributed by atoms with van der Waals surface area (Å²) >= 11 is 0. The first kappa shape index (κ1) is 14.9. The van der Waals surface area contributed by atoms with Gasteiger partial charge in [0, 0.05) is 0 Å². The van der Waals surface area contributed by atoms with E-state index in [2.05, 4.69) is 14.7 Å². The molecule has 10 heteroatoms. The van der Waals surface area contributed by atoms with Gasteiger partial charge in [-0.2, -0.15) is 18.2 Å². The molecule has 1 N–H and O–H groups in total. The molecule has 5 nitrogen and oxygen atoms in total. The first-order valence-electron chi connectivity index (χ1n) is 5.29. The van der Waals surface area contributed by atoms with Crippen LogP contribution in [0, 0.1) is 11.6 Å². The van der Waals surface area contributed by atoms with Crippen LogP contribution in [0.4, 0.5) is 22.0 Å². The summed E-state index contributed by atoms with van der Waals surface area (Å²) in [6.07, 6.45) is -6.09. The van der Waals surface area contributed by atoms with Crippen LogP contribution in [-0.2, 0) is 6.42 Å². The van der Waals surface area contributed by atoms with Gasteiger partial charge < -0.3 is 9.63 Å². The third kappa shape index (κ3) is 3.33. The second-order valence-electron chi connectivity index (χ2n) is 3.92. The van der Waals surface area contributed by atoms with E-state index in [0.717, 1.165) is 0 Å². The van der Waals surface area contributed by atoms with E-state index < -0.39 is 53.0 Å². The van der Waals surface area contributed by atoms with Crippen LogP contribution in [0.25, 0.3) is 11.5 Å². The van der Waals surface area contributed by atoms with Crippen molar-refractivity contribution in [3.05, 3.63) is 35.2 Å². The molecule has 1 heterocycles. The Morgan fingerprint density at radius 3 is 2.43 bits per heavy atom. The highest BCUT2D eigenvalue weighted by Crippen LogP contribution is 2.27. The lowest BCUT2D eigenvalue weighted by Gasteiger charge is -2.02. The van der Waals surface area contributed by atoms with Crippen molar-refractivity contribution < 1.29 is 36.4 Å². The predicted molar refractivity (Wildman–Crippen MR) is 56.4 cm³/mol. The second-order valence-corrected chi connectivity index (χ2v) is 3.92. The molecule has 2 aromatic rings. The molecule has 112 valence electrons. The third-order valence-corrected chi connectivity index (χ3v) is 2.35. The van der Waals surface area contributed by atoms with E-state index in [9.17, 15) is 26.7 Å². The predicted octanol–water partition coefficient (Wildman–Crippen LogP) is 2.82. The third-order valence-electron chi connectivity index (χ3n) is 2.35. The largest absolute Gasteiger partial charge is 0.478 e. The van der Waals surface area contributed by atoms with Crippen LogP contribution >= 0.6 is 0 Å². The fraction of sp³-hybridized carbons (Fsp3) is 0.182. The highest BCUT2D eigenvalue weighted by Gasteiger charge is 2.31. The van der Waals surface area contributed by atoms with Gasteiger partial charge in [-0.1, -0.05) is 5.16 Å². The zero-order valence-corrected chi connectivity index (χ0v) is 9.91. The van der Waals surface area contributed by atoms with Gasteiger partial charge in [-0.25, -0.2) is 13.6 Å². The normalized spacial score (nSPS) is 11.7. The molecule has 0 fully saturated rings. The number of hydrogen-bond acceptors (Lipinski definition) is 4. The van der Waals surface area contributed by atoms with Crippen molar-refractivity contribution in [1.29, 1.82) is 0 Å². The number of carbonyl (C=O) groups is 1. The number of aromatic nitrogens is 2. The van der Waals surface area contributed by atoms with E-state index in [1.807, 2.05) is 0 Å². The highest BCUT2D eigenvalue weighted by molar-refractivity contribution is 5.94. The molecular formula is C11H5F5N2O3. The van der Waals surface area contributed by atoms with E-state index in [1.165, 1.54) is 0 Å². The van der Waals surface area contributed by atoms with Gasteiger partial charge in [0.2, 0.25) is 0 Å². The first-order chi connectivity index (χ1) is 9.67. The fourth-order valence-corrected chi connectivity index (χ4v) is 1.52. The molecule has 0 amide bonds. The first-order valence-corrected chi connectivity index (χ1v) is 5.29. The number of aromatic carboxylic acids is 1. The number of rotatable bonds is 3. The lowest BCUT2D eigenvalue weighted by Crippen LogP contribution is -2.12. The summed E-state index contributed by atoms with van der Waals surface area (Å²) in [4.78, 5) is 14.3. The minimum Gasteiger partial charge on any atom is -0.478 e. The molecule has 0 saturated heterocycles. The van der Waals surface area contributed by atoms with Crippen LogP contribution in [0.5, 0.6) is 0 Å². The van der Waals surface area contributed by atoms with Crippen molar-refractivity contribution in [3.63, 3.8) is 0 Å². The Labute approximate surface area is 113 Å². The Morgan fingerprint density at radius 2 is 1.86 bits per heavy atom. The van der Waals surface area contributed by atoms with Crippen molar-refractivity contribution in [2.24, 2.45) is 0 Å². The van der Waals surface area contributed by atoms with Gasteiger partial charge in [-0.15, -0.1) is 0 Å². The number of benzene rings is 1. The Balaban J connectivity index is 2.47. The molecule has 0 saturated carbocycles. The Hall–Kier alpha value is -2.52. The van der Waals surface area contributed by atoms with Crippen LogP contribution in [0.1, 0.15) is 16.2 Å². The minimum atomic E-state index is -4.59. The van der Waals surface area contributed by atoms with Gasteiger partial charge >= 0.3 is 12.1 Å². The summed E-state index contributed by atoms with van der Waals surface area (Å²) in [5.74, 6) is -5.85. The Bertz CT molecular complexity index is 696. The maximum absolute atomic E-state index is 13.1. The molecule has 0 aliphatic rings. The monoisotopic (exact) mass is 308 g/mol. The summed E-state index contributed by atoms with van der Waals surface area (Å²) in [5.41, 5.74) is -1.22. The van der Waals surface area contributed by atoms with Crippen molar-refractivity contribution in [1.82, 2.24) is 10.1 Å². The summed E-state index contributed by atoms with van der Waals surface area (Å²) in [7, 11) is 0. The van der Waals surface area contributed by atoms with Crippen LogP contribution in [-0.4, -0.2) is 27.4 Å². The van der Waals surface area contributed by atoms with Crippen molar-refractivity contribution in [2.75, 3.05) is 0 Å². The number of halogens is 5. The van der Waals surface area contributed by atoms with Gasteiger partial charge in [0.15, 0.2) is 17.5 Å². The van der Waals surface area contributed by atoms with Gasteiger partial charge in [0.25, 0.3) is 5.89 Å². The molecule has 0 aliphatic heterocycles. The van der Waals surface area contributed by atoms with Gasteiger partial charge in [0.1, 0.15) is 6.42 Å². The number of carboxylic acids is 1. The minimum absolute atomic E-state index is 0.376. The average Bonchev–Trinajstić information content (AvgIpc) is 2.77. The molecule has 0 spiro atoms. The standard InChI is InChI=1S/C11H5F5N2O3/c12-6-1-4(5(10(19)20)2-7(6)13)9-17-8(18-21-9)3-11(14,15)16/h1-2H,3H2,(H,19,20). The van der Waals surface area contributed by atoms with E-state index in [4.69, 9.17) is 5.11 Å². The van der Waals surface area contributed by atoms with E-state index in [1.54, 1.807) is 0 Å². The maximum Gasteiger partial charge on any atom is 0.396 e. The second kappa shape index (κ2) is 5.11. The van der Waals surface area contributed by atoms with Crippen LogP contribution < -0.4 is 0 Å². The lowest BCUT2D eigenvalue weighted by atomic mass is 10.1. The van der Waals surface area contributed by atoms with Crippen LogP contribution in [0.15, 0.2) is 16.7 Å². The van der Waals surface area contributed by atoms with Crippen molar-refractivity contribution in [2.45, 2.75) is 12.6 Å². The smallest absolute Gasteiger partial charge is 0.396 e.